The minimum atomic E-state index is -4.13. The molecule has 1 N–H and O–H groups in total. The molecule has 1 amide bonds. The van der Waals surface area contributed by atoms with Crippen LogP contribution in [-0.2, 0) is 27.8 Å². The quantitative estimate of drug-likeness (QED) is 0.566. The lowest BCUT2D eigenvalue weighted by molar-refractivity contribution is -0.120. The molecule has 0 aromatic heterocycles. The Hall–Kier alpha value is -3.07. The van der Waals surface area contributed by atoms with Crippen molar-refractivity contribution in [2.75, 3.05) is 19.5 Å². The van der Waals surface area contributed by atoms with E-state index < -0.39 is 22.0 Å². The average molecular weight is 487 g/mol. The molecule has 7 nitrogen and oxygen atoms in total. The number of methoxy groups -OCH3 is 2. The molecule has 3 aromatic rings. The fraction of sp³-hybridized carbons (Fsp3) is 0.208. The van der Waals surface area contributed by atoms with E-state index in [1.165, 1.54) is 30.7 Å². The molecule has 1 atom stereocenters. The van der Waals surface area contributed by atoms with Gasteiger partial charge >= 0.3 is 0 Å². The lowest BCUT2D eigenvalue weighted by Crippen LogP contribution is -2.50. The van der Waals surface area contributed by atoms with E-state index in [0.717, 1.165) is 11.1 Å². The smallest absolute Gasteiger partial charge is 0.247 e. The van der Waals surface area contributed by atoms with E-state index in [4.69, 9.17) is 21.1 Å². The van der Waals surface area contributed by atoms with Crippen LogP contribution in [0.15, 0.2) is 71.6 Å². The van der Waals surface area contributed by atoms with Crippen LogP contribution in [0.5, 0.6) is 11.5 Å². The molecule has 1 aliphatic rings. The van der Waals surface area contributed by atoms with Crippen LogP contribution in [-0.4, -0.2) is 38.9 Å². The number of hydrogen-bond donors (Lipinski definition) is 1. The van der Waals surface area contributed by atoms with Crippen molar-refractivity contribution in [3.63, 3.8) is 0 Å². The Kier molecular flexibility index (Phi) is 6.60. The number of hydrogen-bond acceptors (Lipinski definition) is 5. The highest BCUT2D eigenvalue weighted by Gasteiger charge is 2.41. The molecule has 0 saturated heterocycles. The maximum Gasteiger partial charge on any atom is 0.247 e. The van der Waals surface area contributed by atoms with Crippen molar-refractivity contribution in [3.8, 4) is 11.5 Å². The maximum atomic E-state index is 13.8. The van der Waals surface area contributed by atoms with Gasteiger partial charge in [0.05, 0.1) is 14.2 Å². The number of amides is 1. The van der Waals surface area contributed by atoms with E-state index in [9.17, 15) is 13.2 Å². The second-order valence-electron chi connectivity index (χ2n) is 7.55. The van der Waals surface area contributed by atoms with E-state index in [1.54, 1.807) is 30.3 Å². The summed E-state index contributed by atoms with van der Waals surface area (Å²) in [6.07, 6.45) is 0.237. The first-order valence-electron chi connectivity index (χ1n) is 10.2. The van der Waals surface area contributed by atoms with E-state index in [-0.39, 0.29) is 23.6 Å². The Morgan fingerprint density at radius 3 is 2.36 bits per heavy atom. The number of carbonyl (C=O) groups is 1. The fourth-order valence-electron chi connectivity index (χ4n) is 3.85. The summed E-state index contributed by atoms with van der Waals surface area (Å²) in [5, 5.41) is 3.35. The number of benzene rings is 3. The molecule has 3 aromatic carbocycles. The number of carbonyl (C=O) groups excluding carboxylic acids is 1. The molecule has 9 heteroatoms. The summed E-state index contributed by atoms with van der Waals surface area (Å²) < 4.78 is 39.5. The number of rotatable bonds is 6. The highest BCUT2D eigenvalue weighted by molar-refractivity contribution is 7.89. The van der Waals surface area contributed by atoms with Crippen LogP contribution in [0, 0.1) is 0 Å². The van der Waals surface area contributed by atoms with Crippen LogP contribution < -0.4 is 14.8 Å². The Balaban J connectivity index is 1.76. The molecular weight excluding hydrogens is 464 g/mol. The van der Waals surface area contributed by atoms with Gasteiger partial charge in [-0.05, 0) is 53.9 Å². The standard InChI is InChI=1S/C24H23ClN2O5S/c1-31-20-11-12-22(32-2)23(14-20)33(29,30)27-15-17-6-4-3-5-16(17)13-21(27)24(28)26-19-9-7-18(25)8-10-19/h3-12,14,21H,13,15H2,1-2H3,(H,26,28)/t21-/m0/s1. The molecule has 0 bridgehead atoms. The van der Waals surface area contributed by atoms with Crippen molar-refractivity contribution in [3.05, 3.63) is 82.9 Å². The van der Waals surface area contributed by atoms with Gasteiger partial charge in [-0.15, -0.1) is 0 Å². The van der Waals surface area contributed by atoms with Crippen molar-refractivity contribution in [2.24, 2.45) is 0 Å². The third kappa shape index (κ3) is 4.68. The van der Waals surface area contributed by atoms with Crippen molar-refractivity contribution >= 4 is 33.2 Å². The SMILES string of the molecule is COc1ccc(OC)c(S(=O)(=O)N2Cc3ccccc3C[C@H]2C(=O)Nc2ccc(Cl)cc2)c1. The van der Waals surface area contributed by atoms with Crippen LogP contribution in [0.25, 0.3) is 0 Å². The zero-order chi connectivity index (χ0) is 23.6. The number of sulfonamides is 1. The van der Waals surface area contributed by atoms with Crippen molar-refractivity contribution in [1.29, 1.82) is 0 Å². The van der Waals surface area contributed by atoms with Gasteiger partial charge in [0.2, 0.25) is 15.9 Å². The number of nitrogens with one attached hydrogen (secondary N) is 1. The van der Waals surface area contributed by atoms with Gasteiger partial charge in [-0.1, -0.05) is 35.9 Å². The molecule has 0 aliphatic carbocycles. The first-order chi connectivity index (χ1) is 15.8. The van der Waals surface area contributed by atoms with Crippen LogP contribution in [0.4, 0.5) is 5.69 Å². The number of halogens is 1. The number of ether oxygens (including phenoxy) is 2. The molecule has 0 spiro atoms. The molecule has 0 fully saturated rings. The number of fused-ring (bicyclic) bond motifs is 1. The third-order valence-electron chi connectivity index (χ3n) is 5.58. The summed E-state index contributed by atoms with van der Waals surface area (Å²) in [4.78, 5) is 13.3. The molecule has 1 heterocycles. The van der Waals surface area contributed by atoms with Crippen LogP contribution in [0.2, 0.25) is 5.02 Å². The fourth-order valence-corrected chi connectivity index (χ4v) is 5.71. The highest BCUT2D eigenvalue weighted by Crippen LogP contribution is 2.35. The summed E-state index contributed by atoms with van der Waals surface area (Å²) in [5.41, 5.74) is 2.30. The molecule has 1 aliphatic heterocycles. The summed E-state index contributed by atoms with van der Waals surface area (Å²) in [6, 6.07) is 17.8. The average Bonchev–Trinajstić information content (AvgIpc) is 2.84. The Bertz CT molecular complexity index is 1280. The van der Waals surface area contributed by atoms with E-state index in [1.807, 2.05) is 24.3 Å². The minimum Gasteiger partial charge on any atom is -0.497 e. The predicted octanol–water partition coefficient (Wildman–Crippen LogP) is 4.11. The van der Waals surface area contributed by atoms with Gasteiger partial charge in [-0.3, -0.25) is 4.79 Å². The minimum absolute atomic E-state index is 0.0532. The first-order valence-corrected chi connectivity index (χ1v) is 12.0. The van der Waals surface area contributed by atoms with Gasteiger partial charge in [0.15, 0.2) is 0 Å². The normalized spacial score (nSPS) is 16.0. The number of anilines is 1. The molecule has 0 radical (unpaired) electrons. The van der Waals surface area contributed by atoms with Crippen molar-refractivity contribution in [2.45, 2.75) is 23.9 Å². The maximum absolute atomic E-state index is 13.8. The molecule has 0 saturated carbocycles. The molecule has 4 rings (SSSR count). The summed E-state index contributed by atoms with van der Waals surface area (Å²) in [5.74, 6) is 0.109. The van der Waals surface area contributed by atoms with E-state index in [0.29, 0.717) is 16.5 Å². The molecule has 33 heavy (non-hydrogen) atoms. The van der Waals surface area contributed by atoms with Crippen LogP contribution >= 0.6 is 11.6 Å². The van der Waals surface area contributed by atoms with E-state index in [2.05, 4.69) is 5.32 Å². The van der Waals surface area contributed by atoms with Gasteiger partial charge in [0.1, 0.15) is 22.4 Å². The lowest BCUT2D eigenvalue weighted by atomic mass is 9.95. The first kappa shape index (κ1) is 23.1. The van der Waals surface area contributed by atoms with Gasteiger partial charge in [-0.2, -0.15) is 4.31 Å². The van der Waals surface area contributed by atoms with Crippen LogP contribution in [0.1, 0.15) is 11.1 Å². The van der Waals surface area contributed by atoms with Crippen LogP contribution in [0.3, 0.4) is 0 Å². The van der Waals surface area contributed by atoms with Gasteiger partial charge in [0, 0.05) is 23.3 Å². The Morgan fingerprint density at radius 1 is 1.00 bits per heavy atom. The predicted molar refractivity (Wildman–Crippen MR) is 126 cm³/mol. The Morgan fingerprint density at radius 2 is 1.70 bits per heavy atom. The molecule has 172 valence electrons. The molecular formula is C24H23ClN2O5S. The number of nitrogens with zero attached hydrogens (tertiary/aromatic N) is 1. The second-order valence-corrected chi connectivity index (χ2v) is 9.85. The molecule has 0 unspecified atom stereocenters. The lowest BCUT2D eigenvalue weighted by Gasteiger charge is -2.35. The summed E-state index contributed by atoms with van der Waals surface area (Å²) >= 11 is 5.93. The highest BCUT2D eigenvalue weighted by atomic mass is 35.5. The second kappa shape index (κ2) is 9.43. The summed E-state index contributed by atoms with van der Waals surface area (Å²) in [7, 11) is -1.27. The summed E-state index contributed by atoms with van der Waals surface area (Å²) in [6.45, 7) is 0.0532. The Labute approximate surface area is 197 Å². The van der Waals surface area contributed by atoms with Crippen molar-refractivity contribution in [1.82, 2.24) is 4.31 Å². The monoisotopic (exact) mass is 486 g/mol. The van der Waals surface area contributed by atoms with Gasteiger partial charge in [-0.25, -0.2) is 8.42 Å². The van der Waals surface area contributed by atoms with Gasteiger partial charge < -0.3 is 14.8 Å². The zero-order valence-electron chi connectivity index (χ0n) is 18.1. The van der Waals surface area contributed by atoms with Gasteiger partial charge in [0.25, 0.3) is 0 Å². The van der Waals surface area contributed by atoms with E-state index >= 15 is 0 Å². The van der Waals surface area contributed by atoms with Crippen molar-refractivity contribution < 1.29 is 22.7 Å². The zero-order valence-corrected chi connectivity index (χ0v) is 19.7. The topological polar surface area (TPSA) is 84.9 Å². The largest absolute Gasteiger partial charge is 0.497 e. The third-order valence-corrected chi connectivity index (χ3v) is 7.71.